The number of rotatable bonds is 6. The minimum atomic E-state index is -3.52. The fourth-order valence-corrected chi connectivity index (χ4v) is 5.68. The predicted octanol–water partition coefficient (Wildman–Crippen LogP) is 0.283. The van der Waals surface area contributed by atoms with Gasteiger partial charge in [-0.2, -0.15) is 4.31 Å². The Balaban J connectivity index is 1.28. The highest BCUT2D eigenvalue weighted by Gasteiger charge is 2.27. The Morgan fingerprint density at radius 1 is 1.07 bits per heavy atom. The van der Waals surface area contributed by atoms with Crippen molar-refractivity contribution in [1.29, 1.82) is 0 Å². The molecule has 0 radical (unpaired) electrons. The lowest BCUT2D eigenvalue weighted by molar-refractivity contribution is -0.123. The summed E-state index contributed by atoms with van der Waals surface area (Å²) in [5.41, 5.74) is 0. The van der Waals surface area contributed by atoms with Crippen molar-refractivity contribution in [3.63, 3.8) is 0 Å². The first-order valence-electron chi connectivity index (χ1n) is 10.8. The summed E-state index contributed by atoms with van der Waals surface area (Å²) in [6, 6.07) is 3.76. The molecule has 0 bridgehead atoms. The fraction of sp³-hybridized carbons (Fsp3) is 0.700. The number of ether oxygens (including phenoxy) is 1. The quantitative estimate of drug-likeness (QED) is 0.683. The van der Waals surface area contributed by atoms with Crippen molar-refractivity contribution < 1.29 is 17.9 Å². The molecule has 1 amide bonds. The van der Waals surface area contributed by atoms with Gasteiger partial charge in [-0.25, -0.2) is 13.4 Å². The van der Waals surface area contributed by atoms with E-state index in [-0.39, 0.29) is 10.8 Å². The third-order valence-electron chi connectivity index (χ3n) is 6.11. The molecule has 1 aromatic rings. The number of pyridine rings is 1. The summed E-state index contributed by atoms with van der Waals surface area (Å²) in [5, 5.41) is 3.14. The molecule has 3 fully saturated rings. The second-order valence-corrected chi connectivity index (χ2v) is 10.1. The van der Waals surface area contributed by atoms with Gasteiger partial charge < -0.3 is 15.0 Å². The highest BCUT2D eigenvalue weighted by molar-refractivity contribution is 7.89. The number of hydrogen-bond acceptors (Lipinski definition) is 7. The van der Waals surface area contributed by atoms with Gasteiger partial charge in [0.05, 0.1) is 19.8 Å². The van der Waals surface area contributed by atoms with Crippen molar-refractivity contribution in [2.75, 3.05) is 63.9 Å². The Morgan fingerprint density at radius 3 is 2.40 bits per heavy atom. The first-order valence-corrected chi connectivity index (χ1v) is 12.3. The molecule has 30 heavy (non-hydrogen) atoms. The Kier molecular flexibility index (Phi) is 6.87. The second-order valence-electron chi connectivity index (χ2n) is 8.18. The number of sulfonamides is 1. The molecule has 9 nitrogen and oxygen atoms in total. The van der Waals surface area contributed by atoms with E-state index in [1.807, 2.05) is 0 Å². The van der Waals surface area contributed by atoms with Gasteiger partial charge in [0.1, 0.15) is 10.7 Å². The molecule has 166 valence electrons. The zero-order valence-electron chi connectivity index (χ0n) is 17.3. The largest absolute Gasteiger partial charge is 0.379 e. The summed E-state index contributed by atoms with van der Waals surface area (Å²) >= 11 is 0. The molecule has 1 saturated carbocycles. The molecule has 0 unspecified atom stereocenters. The van der Waals surface area contributed by atoms with Crippen LogP contribution in [0.15, 0.2) is 23.2 Å². The van der Waals surface area contributed by atoms with Gasteiger partial charge in [-0.15, -0.1) is 0 Å². The van der Waals surface area contributed by atoms with Gasteiger partial charge in [0.2, 0.25) is 15.9 Å². The van der Waals surface area contributed by atoms with Crippen LogP contribution in [0, 0.1) is 0 Å². The van der Waals surface area contributed by atoms with Crippen LogP contribution >= 0.6 is 0 Å². The molecule has 1 aromatic heterocycles. The predicted molar refractivity (Wildman–Crippen MR) is 113 cm³/mol. The third kappa shape index (κ3) is 5.11. The van der Waals surface area contributed by atoms with Crippen molar-refractivity contribution in [2.24, 2.45) is 0 Å². The van der Waals surface area contributed by atoms with E-state index in [1.54, 1.807) is 12.1 Å². The van der Waals surface area contributed by atoms with Crippen LogP contribution < -0.4 is 10.2 Å². The Morgan fingerprint density at radius 2 is 1.77 bits per heavy atom. The highest BCUT2D eigenvalue weighted by atomic mass is 32.2. The van der Waals surface area contributed by atoms with Gasteiger partial charge in [-0.1, -0.05) is 12.8 Å². The van der Waals surface area contributed by atoms with Crippen molar-refractivity contribution in [3.05, 3.63) is 18.3 Å². The van der Waals surface area contributed by atoms with E-state index < -0.39 is 10.0 Å². The average Bonchev–Trinajstić information content (AvgIpc) is 3.28. The number of nitrogens with zero attached hydrogens (tertiary/aromatic N) is 4. The topological polar surface area (TPSA) is 95.1 Å². The number of amides is 1. The summed E-state index contributed by atoms with van der Waals surface area (Å²) in [7, 11) is -3.52. The summed E-state index contributed by atoms with van der Waals surface area (Å²) in [4.78, 5) is 21.2. The Bertz CT molecular complexity index is 812. The number of anilines is 1. The van der Waals surface area contributed by atoms with Gasteiger partial charge in [0, 0.05) is 51.5 Å². The van der Waals surface area contributed by atoms with Crippen LogP contribution in [0.5, 0.6) is 0 Å². The van der Waals surface area contributed by atoms with E-state index in [4.69, 9.17) is 4.74 Å². The molecule has 2 aliphatic heterocycles. The molecule has 3 aliphatic rings. The molecule has 4 rings (SSSR count). The Hall–Kier alpha value is -1.75. The lowest BCUT2D eigenvalue weighted by Gasteiger charge is -2.35. The van der Waals surface area contributed by atoms with Gasteiger partial charge in [0.25, 0.3) is 0 Å². The van der Waals surface area contributed by atoms with Gasteiger partial charge >= 0.3 is 0 Å². The standard InChI is InChI=1S/C20H31N5O4S/c26-20(22-17-3-1-2-4-17)16-23-7-9-24(10-8-23)19-6-5-18(15-21-19)30(27,28)25-11-13-29-14-12-25/h5-6,15,17H,1-4,7-14,16H2,(H,22,26). The maximum atomic E-state index is 12.7. The molecule has 0 atom stereocenters. The lowest BCUT2D eigenvalue weighted by Crippen LogP contribution is -2.50. The normalized spacial score (nSPS) is 22.3. The van der Waals surface area contributed by atoms with E-state index >= 15 is 0 Å². The molecule has 3 heterocycles. The van der Waals surface area contributed by atoms with E-state index in [0.29, 0.717) is 38.9 Å². The number of carbonyl (C=O) groups is 1. The average molecular weight is 438 g/mol. The van der Waals surface area contributed by atoms with E-state index in [9.17, 15) is 13.2 Å². The third-order valence-corrected chi connectivity index (χ3v) is 7.99. The molecule has 0 aromatic carbocycles. The van der Waals surface area contributed by atoms with Crippen LogP contribution in [0.3, 0.4) is 0 Å². The van der Waals surface area contributed by atoms with Gasteiger partial charge in [0.15, 0.2) is 0 Å². The molecule has 0 spiro atoms. The van der Waals surface area contributed by atoms with E-state index in [1.165, 1.54) is 23.3 Å². The number of hydrogen-bond donors (Lipinski definition) is 1. The minimum absolute atomic E-state index is 0.117. The van der Waals surface area contributed by atoms with Crippen LogP contribution in [-0.2, 0) is 19.6 Å². The number of piperazine rings is 1. The molecule has 2 saturated heterocycles. The monoisotopic (exact) mass is 437 g/mol. The fourth-order valence-electron chi connectivity index (χ4n) is 4.33. The van der Waals surface area contributed by atoms with Crippen LogP contribution in [-0.4, -0.2) is 93.6 Å². The van der Waals surface area contributed by atoms with Crippen molar-refractivity contribution >= 4 is 21.7 Å². The summed E-state index contributed by atoms with van der Waals surface area (Å²) in [6.07, 6.45) is 6.07. The van der Waals surface area contributed by atoms with Crippen LogP contribution in [0.2, 0.25) is 0 Å². The zero-order valence-corrected chi connectivity index (χ0v) is 18.1. The Labute approximate surface area is 178 Å². The molecular formula is C20H31N5O4S. The number of aromatic nitrogens is 1. The van der Waals surface area contributed by atoms with Crippen LogP contribution in [0.25, 0.3) is 0 Å². The summed E-state index contributed by atoms with van der Waals surface area (Å²) in [6.45, 7) is 5.14. The zero-order chi connectivity index (χ0) is 21.0. The van der Waals surface area contributed by atoms with E-state index in [2.05, 4.69) is 20.1 Å². The van der Waals surface area contributed by atoms with Crippen molar-refractivity contribution in [1.82, 2.24) is 19.5 Å². The number of nitrogens with one attached hydrogen (secondary N) is 1. The molecular weight excluding hydrogens is 406 g/mol. The number of morpholine rings is 1. The lowest BCUT2D eigenvalue weighted by atomic mass is 10.2. The van der Waals surface area contributed by atoms with Crippen molar-refractivity contribution in [2.45, 2.75) is 36.6 Å². The van der Waals surface area contributed by atoms with Crippen molar-refractivity contribution in [3.8, 4) is 0 Å². The van der Waals surface area contributed by atoms with Crippen LogP contribution in [0.1, 0.15) is 25.7 Å². The first kappa shape index (κ1) is 21.5. The van der Waals surface area contributed by atoms with E-state index in [0.717, 1.165) is 44.8 Å². The van der Waals surface area contributed by atoms with Gasteiger partial charge in [-0.3, -0.25) is 9.69 Å². The summed E-state index contributed by atoms with van der Waals surface area (Å²) < 4.78 is 32.1. The first-order chi connectivity index (χ1) is 14.5. The smallest absolute Gasteiger partial charge is 0.244 e. The molecule has 10 heteroatoms. The summed E-state index contributed by atoms with van der Waals surface area (Å²) in [5.74, 6) is 0.886. The second kappa shape index (κ2) is 9.59. The van der Waals surface area contributed by atoms with Crippen LogP contribution in [0.4, 0.5) is 5.82 Å². The SMILES string of the molecule is O=C(CN1CCN(c2ccc(S(=O)(=O)N3CCOCC3)cn2)CC1)NC1CCCC1. The number of carbonyl (C=O) groups excluding carboxylic acids is 1. The highest BCUT2D eigenvalue weighted by Crippen LogP contribution is 2.20. The maximum absolute atomic E-state index is 12.7. The molecule has 1 aliphatic carbocycles. The van der Waals surface area contributed by atoms with Gasteiger partial charge in [-0.05, 0) is 25.0 Å². The molecule has 1 N–H and O–H groups in total. The minimum Gasteiger partial charge on any atom is -0.379 e. The maximum Gasteiger partial charge on any atom is 0.244 e.